The minimum Gasteiger partial charge on any atom is -0.314 e. The molecule has 3 atom stereocenters. The van der Waals surface area contributed by atoms with Gasteiger partial charge < -0.3 is 5.32 Å². The van der Waals surface area contributed by atoms with Gasteiger partial charge in [-0.25, -0.2) is 8.42 Å². The molecule has 0 bridgehead atoms. The lowest BCUT2D eigenvalue weighted by molar-refractivity contribution is 0.347. The summed E-state index contributed by atoms with van der Waals surface area (Å²) in [4.78, 5) is 0. The summed E-state index contributed by atoms with van der Waals surface area (Å²) in [5.41, 5.74) is 0. The monoisotopic (exact) mass is 217 g/mol. The van der Waals surface area contributed by atoms with Gasteiger partial charge in [-0.2, -0.15) is 0 Å². The second kappa shape index (κ2) is 3.81. The molecule has 0 aromatic carbocycles. The van der Waals surface area contributed by atoms with E-state index in [2.05, 4.69) is 12.2 Å². The molecular weight excluding hydrogens is 198 g/mol. The predicted molar refractivity (Wildman–Crippen MR) is 56.9 cm³/mol. The Morgan fingerprint density at radius 1 is 1.29 bits per heavy atom. The maximum Gasteiger partial charge on any atom is 0.150 e. The fourth-order valence-electron chi connectivity index (χ4n) is 2.76. The molecule has 14 heavy (non-hydrogen) atoms. The first kappa shape index (κ1) is 10.4. The van der Waals surface area contributed by atoms with Gasteiger partial charge in [0.2, 0.25) is 0 Å². The Bertz CT molecular complexity index is 299. The maximum atomic E-state index is 11.5. The minimum absolute atomic E-state index is 0.416. The van der Waals surface area contributed by atoms with Crippen LogP contribution in [-0.2, 0) is 9.84 Å². The zero-order valence-electron chi connectivity index (χ0n) is 8.70. The van der Waals surface area contributed by atoms with Crippen molar-refractivity contribution >= 4 is 9.84 Å². The fourth-order valence-corrected chi connectivity index (χ4v) is 4.63. The molecule has 0 aliphatic carbocycles. The first-order valence-electron chi connectivity index (χ1n) is 5.50. The zero-order valence-corrected chi connectivity index (χ0v) is 9.52. The molecule has 0 radical (unpaired) electrons. The van der Waals surface area contributed by atoms with Crippen molar-refractivity contribution in [2.24, 2.45) is 11.8 Å². The summed E-state index contributed by atoms with van der Waals surface area (Å²) in [6.07, 6.45) is 3.14. The van der Waals surface area contributed by atoms with Gasteiger partial charge in [0.15, 0.2) is 9.84 Å². The van der Waals surface area contributed by atoms with Crippen molar-refractivity contribution in [1.82, 2.24) is 5.32 Å². The maximum absolute atomic E-state index is 11.5. The number of sulfone groups is 1. The van der Waals surface area contributed by atoms with Crippen molar-refractivity contribution in [3.05, 3.63) is 0 Å². The minimum atomic E-state index is -2.71. The number of nitrogens with one attached hydrogen (secondary N) is 1. The summed E-state index contributed by atoms with van der Waals surface area (Å²) in [7, 11) is -2.71. The van der Waals surface area contributed by atoms with E-state index in [1.54, 1.807) is 0 Å². The Balaban J connectivity index is 1.98. The Morgan fingerprint density at radius 2 is 2.07 bits per heavy atom. The Labute approximate surface area is 86.2 Å². The lowest BCUT2D eigenvalue weighted by Gasteiger charge is -2.26. The lowest BCUT2D eigenvalue weighted by atomic mass is 9.88. The second-order valence-corrected chi connectivity index (χ2v) is 7.05. The normalized spacial score (nSPS) is 42.5. The highest BCUT2D eigenvalue weighted by atomic mass is 32.2. The molecule has 0 aromatic heterocycles. The summed E-state index contributed by atoms with van der Waals surface area (Å²) in [6.45, 7) is 3.19. The molecule has 0 aromatic rings. The van der Waals surface area contributed by atoms with Crippen LogP contribution in [0.2, 0.25) is 0 Å². The molecule has 3 nitrogen and oxygen atoms in total. The van der Waals surface area contributed by atoms with E-state index >= 15 is 0 Å². The van der Waals surface area contributed by atoms with Gasteiger partial charge in [0.1, 0.15) is 0 Å². The van der Waals surface area contributed by atoms with Crippen LogP contribution in [0.5, 0.6) is 0 Å². The molecule has 4 heteroatoms. The summed E-state index contributed by atoms with van der Waals surface area (Å²) in [5, 5.41) is 3.40. The Hall–Kier alpha value is -0.0900. The standard InChI is InChI=1S/C10H19NO2S/c1-8-5-10(6-11-8)9-3-2-4-14(12,13)7-9/h8-11H,2-7H2,1H3. The van der Waals surface area contributed by atoms with Crippen LogP contribution >= 0.6 is 0 Å². The van der Waals surface area contributed by atoms with Crippen molar-refractivity contribution in [2.75, 3.05) is 18.1 Å². The van der Waals surface area contributed by atoms with Crippen LogP contribution in [0.1, 0.15) is 26.2 Å². The zero-order chi connectivity index (χ0) is 10.2. The highest BCUT2D eigenvalue weighted by Gasteiger charge is 2.33. The van der Waals surface area contributed by atoms with E-state index in [1.165, 1.54) is 0 Å². The van der Waals surface area contributed by atoms with E-state index in [4.69, 9.17) is 0 Å². The van der Waals surface area contributed by atoms with Crippen LogP contribution in [0.25, 0.3) is 0 Å². The summed E-state index contributed by atoms with van der Waals surface area (Å²) in [5.74, 6) is 1.87. The number of hydrogen-bond acceptors (Lipinski definition) is 3. The molecule has 3 unspecified atom stereocenters. The molecule has 82 valence electrons. The second-order valence-electron chi connectivity index (χ2n) is 4.82. The van der Waals surface area contributed by atoms with Crippen molar-refractivity contribution in [3.63, 3.8) is 0 Å². The summed E-state index contributed by atoms with van der Waals surface area (Å²) < 4.78 is 23.0. The van der Waals surface area contributed by atoms with Crippen LogP contribution in [0.3, 0.4) is 0 Å². The Kier molecular flexibility index (Phi) is 2.84. The van der Waals surface area contributed by atoms with E-state index in [1.807, 2.05) is 0 Å². The van der Waals surface area contributed by atoms with Gasteiger partial charge in [-0.05, 0) is 44.6 Å². The third-order valence-electron chi connectivity index (χ3n) is 3.55. The molecule has 2 aliphatic heterocycles. The average Bonchev–Trinajstić information content (AvgIpc) is 2.50. The first-order valence-corrected chi connectivity index (χ1v) is 7.33. The quantitative estimate of drug-likeness (QED) is 0.707. The van der Waals surface area contributed by atoms with E-state index in [9.17, 15) is 8.42 Å². The van der Waals surface area contributed by atoms with E-state index in [0.29, 0.717) is 29.4 Å². The molecule has 2 fully saturated rings. The largest absolute Gasteiger partial charge is 0.314 e. The predicted octanol–water partition coefficient (Wildman–Crippen LogP) is 0.809. The van der Waals surface area contributed by atoms with Gasteiger partial charge >= 0.3 is 0 Å². The molecule has 0 spiro atoms. The van der Waals surface area contributed by atoms with Crippen LogP contribution in [-0.4, -0.2) is 32.5 Å². The Morgan fingerprint density at radius 3 is 2.64 bits per heavy atom. The van der Waals surface area contributed by atoms with Gasteiger partial charge in [-0.3, -0.25) is 0 Å². The molecule has 2 heterocycles. The fraction of sp³-hybridized carbons (Fsp3) is 1.00. The van der Waals surface area contributed by atoms with Gasteiger partial charge in [0, 0.05) is 6.04 Å². The average molecular weight is 217 g/mol. The van der Waals surface area contributed by atoms with Gasteiger partial charge in [-0.1, -0.05) is 0 Å². The van der Waals surface area contributed by atoms with Crippen molar-refractivity contribution in [1.29, 1.82) is 0 Å². The smallest absolute Gasteiger partial charge is 0.150 e. The highest BCUT2D eigenvalue weighted by molar-refractivity contribution is 7.91. The molecular formula is C10H19NO2S. The van der Waals surface area contributed by atoms with Crippen LogP contribution in [0.15, 0.2) is 0 Å². The van der Waals surface area contributed by atoms with Crippen molar-refractivity contribution < 1.29 is 8.42 Å². The van der Waals surface area contributed by atoms with E-state index in [0.717, 1.165) is 25.8 Å². The molecule has 0 saturated carbocycles. The molecule has 2 rings (SSSR count). The highest BCUT2D eigenvalue weighted by Crippen LogP contribution is 2.30. The van der Waals surface area contributed by atoms with Crippen LogP contribution in [0.4, 0.5) is 0 Å². The summed E-state index contributed by atoms with van der Waals surface area (Å²) >= 11 is 0. The third kappa shape index (κ3) is 2.28. The number of rotatable bonds is 1. The third-order valence-corrected chi connectivity index (χ3v) is 5.40. The molecule has 0 amide bonds. The van der Waals surface area contributed by atoms with Gasteiger partial charge in [0.25, 0.3) is 0 Å². The number of hydrogen-bond donors (Lipinski definition) is 1. The van der Waals surface area contributed by atoms with Gasteiger partial charge in [0.05, 0.1) is 11.5 Å². The van der Waals surface area contributed by atoms with Crippen LogP contribution in [0, 0.1) is 11.8 Å². The molecule has 2 aliphatic rings. The van der Waals surface area contributed by atoms with Crippen molar-refractivity contribution in [2.45, 2.75) is 32.2 Å². The topological polar surface area (TPSA) is 46.2 Å². The lowest BCUT2D eigenvalue weighted by Crippen LogP contribution is -2.31. The van der Waals surface area contributed by atoms with E-state index in [-0.39, 0.29) is 0 Å². The van der Waals surface area contributed by atoms with Crippen LogP contribution < -0.4 is 5.32 Å². The van der Waals surface area contributed by atoms with Gasteiger partial charge in [-0.15, -0.1) is 0 Å². The summed E-state index contributed by atoms with van der Waals surface area (Å²) in [6, 6.07) is 0.574. The van der Waals surface area contributed by atoms with E-state index < -0.39 is 9.84 Å². The van der Waals surface area contributed by atoms with Crippen molar-refractivity contribution in [3.8, 4) is 0 Å². The SMILES string of the molecule is CC1CC(C2CCCS(=O)(=O)C2)CN1. The molecule has 1 N–H and O–H groups in total. The molecule has 2 saturated heterocycles. The first-order chi connectivity index (χ1) is 6.57.